The van der Waals surface area contributed by atoms with Gasteiger partial charge in [0, 0.05) is 34.3 Å². The Kier molecular flexibility index (Phi) is 5.37. The molecule has 1 heterocycles. The highest BCUT2D eigenvalue weighted by Gasteiger charge is 2.31. The summed E-state index contributed by atoms with van der Waals surface area (Å²) in [5.74, 6) is -0.481. The predicted octanol–water partition coefficient (Wildman–Crippen LogP) is 4.27. The molecule has 0 N–H and O–H groups in total. The Hall–Kier alpha value is -1.95. The Morgan fingerprint density at radius 3 is 1.48 bits per heavy atom. The minimum absolute atomic E-state index is 0.214. The molecular formula is C18H14Cl2N2O2S. The molecule has 2 aromatic rings. The molecule has 2 aromatic carbocycles. The molecule has 0 aliphatic carbocycles. The molecule has 0 unspecified atom stereocenters. The summed E-state index contributed by atoms with van der Waals surface area (Å²) >= 11 is 17.1. The van der Waals surface area contributed by atoms with Crippen LogP contribution in [-0.2, 0) is 0 Å². The summed E-state index contributed by atoms with van der Waals surface area (Å²) in [7, 11) is 0. The third-order valence-electron chi connectivity index (χ3n) is 3.90. The molecule has 4 nitrogen and oxygen atoms in total. The summed E-state index contributed by atoms with van der Waals surface area (Å²) in [5, 5.41) is 1.32. The van der Waals surface area contributed by atoms with Crippen LogP contribution in [0.25, 0.3) is 0 Å². The second-order valence-electron chi connectivity index (χ2n) is 5.56. The predicted molar refractivity (Wildman–Crippen MR) is 102 cm³/mol. The van der Waals surface area contributed by atoms with E-state index < -0.39 is 0 Å². The van der Waals surface area contributed by atoms with Gasteiger partial charge >= 0.3 is 0 Å². The second kappa shape index (κ2) is 7.52. The van der Waals surface area contributed by atoms with Crippen molar-refractivity contribution in [1.29, 1.82) is 0 Å². The molecule has 3 rings (SSSR count). The van der Waals surface area contributed by atoms with E-state index in [1.807, 2.05) is 0 Å². The summed E-state index contributed by atoms with van der Waals surface area (Å²) in [6.07, 6.45) is 0.652. The SMILES string of the molecule is O=C(c1ccc(Cl)cc1)N1CCCN(C(=O)c2ccc(Cl)cc2)C1=S. The molecule has 1 aliphatic rings. The van der Waals surface area contributed by atoms with E-state index in [0.29, 0.717) is 40.7 Å². The van der Waals surface area contributed by atoms with E-state index in [9.17, 15) is 9.59 Å². The maximum absolute atomic E-state index is 12.7. The molecule has 0 atom stereocenters. The maximum atomic E-state index is 12.7. The molecule has 1 aliphatic heterocycles. The van der Waals surface area contributed by atoms with Gasteiger partial charge in [-0.1, -0.05) is 23.2 Å². The first kappa shape index (κ1) is 17.9. The summed E-state index contributed by atoms with van der Waals surface area (Å²) in [5.41, 5.74) is 0.958. The van der Waals surface area contributed by atoms with Gasteiger partial charge in [-0.2, -0.15) is 0 Å². The molecule has 0 spiro atoms. The first-order valence-corrected chi connectivity index (χ1v) is 8.82. The Morgan fingerprint density at radius 2 is 1.12 bits per heavy atom. The lowest BCUT2D eigenvalue weighted by Crippen LogP contribution is -2.53. The van der Waals surface area contributed by atoms with Crippen LogP contribution in [0.4, 0.5) is 0 Å². The molecular weight excluding hydrogens is 379 g/mol. The maximum Gasteiger partial charge on any atom is 0.260 e. The van der Waals surface area contributed by atoms with Crippen LogP contribution in [0.3, 0.4) is 0 Å². The lowest BCUT2D eigenvalue weighted by molar-refractivity contribution is 0.0746. The molecule has 0 radical (unpaired) electrons. The average molecular weight is 393 g/mol. The van der Waals surface area contributed by atoms with Gasteiger partial charge in [-0.3, -0.25) is 19.4 Å². The summed E-state index contributed by atoms with van der Waals surface area (Å²) in [4.78, 5) is 28.3. The van der Waals surface area contributed by atoms with Gasteiger partial charge < -0.3 is 0 Å². The van der Waals surface area contributed by atoms with Gasteiger partial charge in [0.1, 0.15) is 0 Å². The topological polar surface area (TPSA) is 40.6 Å². The van der Waals surface area contributed by atoms with Crippen molar-refractivity contribution in [2.75, 3.05) is 13.1 Å². The van der Waals surface area contributed by atoms with E-state index in [1.165, 1.54) is 9.80 Å². The van der Waals surface area contributed by atoms with Gasteiger partial charge in [0.25, 0.3) is 11.8 Å². The van der Waals surface area contributed by atoms with Gasteiger partial charge in [-0.25, -0.2) is 0 Å². The zero-order valence-electron chi connectivity index (χ0n) is 13.1. The van der Waals surface area contributed by atoms with E-state index in [0.717, 1.165) is 0 Å². The molecule has 2 amide bonds. The standard InChI is InChI=1S/C18H14Cl2N2O2S/c19-14-6-2-12(3-7-14)16(23)21-10-1-11-22(18(21)25)17(24)13-4-8-15(20)9-5-13/h2-9H,1,10-11H2. The Bertz CT molecular complexity index is 754. The molecule has 0 aromatic heterocycles. The van der Waals surface area contributed by atoms with Gasteiger partial charge in [0.15, 0.2) is 5.11 Å². The Labute approximate surface area is 160 Å². The number of benzene rings is 2. The van der Waals surface area contributed by atoms with Crippen LogP contribution in [0.15, 0.2) is 48.5 Å². The molecule has 1 saturated heterocycles. The van der Waals surface area contributed by atoms with Gasteiger partial charge in [-0.15, -0.1) is 0 Å². The minimum Gasteiger partial charge on any atom is -0.285 e. The van der Waals surface area contributed by atoms with Crippen molar-refractivity contribution >= 4 is 52.3 Å². The number of carbonyl (C=O) groups excluding carboxylic acids is 2. The van der Waals surface area contributed by atoms with Crippen LogP contribution < -0.4 is 0 Å². The lowest BCUT2D eigenvalue weighted by atomic mass is 10.1. The smallest absolute Gasteiger partial charge is 0.260 e. The highest BCUT2D eigenvalue weighted by atomic mass is 35.5. The van der Waals surface area contributed by atoms with E-state index in [1.54, 1.807) is 48.5 Å². The number of carbonyl (C=O) groups is 2. The summed E-state index contributed by atoms with van der Waals surface area (Å²) in [6, 6.07) is 13.2. The van der Waals surface area contributed by atoms with Gasteiger partial charge in [0.05, 0.1) is 0 Å². The monoisotopic (exact) mass is 392 g/mol. The lowest BCUT2D eigenvalue weighted by Gasteiger charge is -2.36. The molecule has 7 heteroatoms. The minimum atomic E-state index is -0.240. The first-order chi connectivity index (χ1) is 12.0. The molecule has 0 saturated carbocycles. The third-order valence-corrected chi connectivity index (χ3v) is 4.84. The van der Waals surface area contributed by atoms with Crippen molar-refractivity contribution in [3.63, 3.8) is 0 Å². The Morgan fingerprint density at radius 1 is 0.760 bits per heavy atom. The average Bonchev–Trinajstić information content (AvgIpc) is 2.62. The van der Waals surface area contributed by atoms with Crippen LogP contribution in [0.2, 0.25) is 10.0 Å². The molecule has 1 fully saturated rings. The van der Waals surface area contributed by atoms with Crippen molar-refractivity contribution in [3.8, 4) is 0 Å². The number of hydrogen-bond donors (Lipinski definition) is 0. The van der Waals surface area contributed by atoms with Crippen LogP contribution in [0.5, 0.6) is 0 Å². The molecule has 25 heavy (non-hydrogen) atoms. The fourth-order valence-corrected chi connectivity index (χ4v) is 3.20. The van der Waals surface area contributed by atoms with Crippen molar-refractivity contribution in [3.05, 3.63) is 69.7 Å². The Balaban J connectivity index is 1.80. The van der Waals surface area contributed by atoms with Crippen LogP contribution in [0, 0.1) is 0 Å². The fraction of sp³-hybridized carbons (Fsp3) is 0.167. The summed E-state index contributed by atoms with van der Waals surface area (Å²) < 4.78 is 0. The number of rotatable bonds is 2. The number of amides is 2. The van der Waals surface area contributed by atoms with E-state index in [2.05, 4.69) is 0 Å². The number of thiocarbonyl (C=S) groups is 1. The van der Waals surface area contributed by atoms with Gasteiger partial charge in [0.2, 0.25) is 0 Å². The fourth-order valence-electron chi connectivity index (χ4n) is 2.60. The van der Waals surface area contributed by atoms with E-state index in [4.69, 9.17) is 35.4 Å². The highest BCUT2D eigenvalue weighted by molar-refractivity contribution is 7.80. The van der Waals surface area contributed by atoms with E-state index >= 15 is 0 Å². The van der Waals surface area contributed by atoms with Gasteiger partial charge in [-0.05, 0) is 67.2 Å². The zero-order chi connectivity index (χ0) is 18.0. The normalized spacial score (nSPS) is 14.6. The highest BCUT2D eigenvalue weighted by Crippen LogP contribution is 2.19. The van der Waals surface area contributed by atoms with E-state index in [-0.39, 0.29) is 16.9 Å². The van der Waals surface area contributed by atoms with Crippen LogP contribution in [0.1, 0.15) is 27.1 Å². The van der Waals surface area contributed by atoms with Crippen LogP contribution >= 0.6 is 35.4 Å². The van der Waals surface area contributed by atoms with Crippen LogP contribution in [-0.4, -0.2) is 39.8 Å². The number of halogens is 2. The van der Waals surface area contributed by atoms with Crippen molar-refractivity contribution in [1.82, 2.24) is 9.80 Å². The summed E-state index contributed by atoms with van der Waals surface area (Å²) in [6.45, 7) is 0.954. The number of nitrogens with zero attached hydrogens (tertiary/aromatic N) is 2. The quantitative estimate of drug-likeness (QED) is 0.716. The van der Waals surface area contributed by atoms with Crippen molar-refractivity contribution < 1.29 is 9.59 Å². The molecule has 0 bridgehead atoms. The molecule has 128 valence electrons. The number of hydrogen-bond acceptors (Lipinski definition) is 3. The first-order valence-electron chi connectivity index (χ1n) is 7.66. The van der Waals surface area contributed by atoms with Crippen molar-refractivity contribution in [2.24, 2.45) is 0 Å². The largest absolute Gasteiger partial charge is 0.285 e. The third kappa shape index (κ3) is 3.84. The zero-order valence-corrected chi connectivity index (χ0v) is 15.4. The second-order valence-corrected chi connectivity index (χ2v) is 6.80. The van der Waals surface area contributed by atoms with Crippen molar-refractivity contribution in [2.45, 2.75) is 6.42 Å².